The van der Waals surface area contributed by atoms with Crippen molar-refractivity contribution in [2.24, 2.45) is 0 Å². The van der Waals surface area contributed by atoms with Gasteiger partial charge in [-0.05, 0) is 12.3 Å². The lowest BCUT2D eigenvalue weighted by Gasteiger charge is -2.08. The van der Waals surface area contributed by atoms with Crippen LogP contribution >= 0.6 is 11.8 Å². The Labute approximate surface area is 82.9 Å². The van der Waals surface area contributed by atoms with E-state index in [1.165, 1.54) is 6.26 Å². The molecule has 0 spiro atoms. The summed E-state index contributed by atoms with van der Waals surface area (Å²) in [6, 6.07) is 0.720. The molecular weight excluding hydrogens is 216 g/mol. The Balaban J connectivity index is 3.45. The molecule has 0 atom stereocenters. The Kier molecular flexibility index (Phi) is 3.46. The van der Waals surface area contributed by atoms with Crippen LogP contribution in [0, 0.1) is 17.5 Å². The highest BCUT2D eigenvalue weighted by Crippen LogP contribution is 2.19. The van der Waals surface area contributed by atoms with E-state index < -0.39 is 30.0 Å². The summed E-state index contributed by atoms with van der Waals surface area (Å²) < 4.78 is 38.4. The zero-order valence-corrected chi connectivity index (χ0v) is 7.91. The van der Waals surface area contributed by atoms with Gasteiger partial charge in [0.05, 0.1) is 0 Å². The van der Waals surface area contributed by atoms with Gasteiger partial charge in [0.25, 0.3) is 0 Å². The third-order valence-electron chi connectivity index (χ3n) is 1.64. The van der Waals surface area contributed by atoms with E-state index in [2.05, 4.69) is 0 Å². The van der Waals surface area contributed by atoms with Gasteiger partial charge in [-0.15, -0.1) is 11.8 Å². The Morgan fingerprint density at radius 2 is 1.79 bits per heavy atom. The summed E-state index contributed by atoms with van der Waals surface area (Å²) in [4.78, 5) is -0.0450. The molecule has 14 heavy (non-hydrogen) atoms. The molecule has 0 aliphatic rings. The minimum atomic E-state index is -2.16. The van der Waals surface area contributed by atoms with Gasteiger partial charge < -0.3 is 10.0 Å². The van der Waals surface area contributed by atoms with Crippen LogP contribution in [0.4, 0.5) is 13.2 Å². The highest BCUT2D eigenvalue weighted by Gasteiger charge is 2.26. The van der Waals surface area contributed by atoms with Gasteiger partial charge in [0.2, 0.25) is 0 Å². The van der Waals surface area contributed by atoms with E-state index in [9.17, 15) is 13.2 Å². The molecule has 1 aromatic carbocycles. The average Bonchev–Trinajstić information content (AvgIpc) is 2.12. The van der Waals surface area contributed by atoms with E-state index in [1.807, 2.05) is 0 Å². The lowest BCUT2D eigenvalue weighted by Crippen LogP contribution is -2.35. The van der Waals surface area contributed by atoms with Crippen LogP contribution in [0.3, 0.4) is 0 Å². The molecule has 7 heteroatoms. The number of halogens is 3. The predicted octanol–water partition coefficient (Wildman–Crippen LogP) is 0.506. The van der Waals surface area contributed by atoms with Crippen LogP contribution in [0.2, 0.25) is 0 Å². The summed E-state index contributed by atoms with van der Waals surface area (Å²) in [7, 11) is -2.16. The van der Waals surface area contributed by atoms with Gasteiger partial charge in [-0.2, -0.15) is 0 Å². The van der Waals surface area contributed by atoms with Crippen LogP contribution in [0.5, 0.6) is 0 Å². The van der Waals surface area contributed by atoms with Gasteiger partial charge in [-0.3, -0.25) is 0 Å². The summed E-state index contributed by atoms with van der Waals surface area (Å²) in [5.41, 5.74) is -0.642. The summed E-state index contributed by atoms with van der Waals surface area (Å²) in [5, 5.41) is 17.5. The van der Waals surface area contributed by atoms with E-state index in [-0.39, 0.29) is 4.90 Å². The van der Waals surface area contributed by atoms with Gasteiger partial charge in [-0.1, -0.05) is 0 Å². The molecule has 0 amide bonds. The molecule has 0 fully saturated rings. The number of hydrogen-bond donors (Lipinski definition) is 2. The minimum Gasteiger partial charge on any atom is -0.423 e. The van der Waals surface area contributed by atoms with E-state index in [0.717, 1.165) is 17.8 Å². The van der Waals surface area contributed by atoms with Crippen LogP contribution in [0.25, 0.3) is 0 Å². The molecule has 2 nitrogen and oxygen atoms in total. The normalized spacial score (nSPS) is 10.4. The number of thioether (sulfide) groups is 1. The van der Waals surface area contributed by atoms with Crippen molar-refractivity contribution in [3.8, 4) is 0 Å². The Hall–Kier alpha value is -0.655. The molecule has 1 aromatic rings. The van der Waals surface area contributed by atoms with Gasteiger partial charge in [0.15, 0.2) is 17.5 Å². The maximum absolute atomic E-state index is 13.0. The molecule has 0 saturated heterocycles. The second-order valence-electron chi connectivity index (χ2n) is 2.48. The van der Waals surface area contributed by atoms with Crippen LogP contribution in [0.1, 0.15) is 0 Å². The van der Waals surface area contributed by atoms with Crippen molar-refractivity contribution in [2.75, 3.05) is 6.26 Å². The SMILES string of the molecule is CSc1cc(F)c(F)c(F)c1B(O)O. The fourth-order valence-electron chi connectivity index (χ4n) is 0.997. The van der Waals surface area contributed by atoms with Crippen molar-refractivity contribution in [3.63, 3.8) is 0 Å². The summed E-state index contributed by atoms with van der Waals surface area (Å²) in [6.07, 6.45) is 1.48. The monoisotopic (exact) mass is 222 g/mol. The smallest absolute Gasteiger partial charge is 0.423 e. The molecule has 0 radical (unpaired) electrons. The third-order valence-corrected chi connectivity index (χ3v) is 2.42. The zero-order valence-electron chi connectivity index (χ0n) is 7.09. The van der Waals surface area contributed by atoms with E-state index in [4.69, 9.17) is 10.0 Å². The molecule has 0 aliphatic carbocycles. The van der Waals surface area contributed by atoms with Crippen LogP contribution in [-0.4, -0.2) is 23.4 Å². The van der Waals surface area contributed by atoms with Crippen molar-refractivity contribution in [2.45, 2.75) is 4.90 Å². The van der Waals surface area contributed by atoms with E-state index in [1.54, 1.807) is 0 Å². The second kappa shape index (κ2) is 4.25. The molecule has 0 aromatic heterocycles. The molecular formula is C7H6BF3O2S. The molecule has 76 valence electrons. The largest absolute Gasteiger partial charge is 0.492 e. The zero-order chi connectivity index (χ0) is 10.9. The highest BCUT2D eigenvalue weighted by atomic mass is 32.2. The number of rotatable bonds is 2. The topological polar surface area (TPSA) is 40.5 Å². The van der Waals surface area contributed by atoms with E-state index >= 15 is 0 Å². The van der Waals surface area contributed by atoms with Crippen molar-refractivity contribution in [1.82, 2.24) is 0 Å². The van der Waals surface area contributed by atoms with Crippen molar-refractivity contribution >= 4 is 24.3 Å². The first-order valence-electron chi connectivity index (χ1n) is 3.56. The Bertz CT molecular complexity index is 359. The quantitative estimate of drug-likeness (QED) is 0.435. The standard InChI is InChI=1S/C7H6BF3O2S/c1-14-4-2-3(9)6(10)7(11)5(4)8(12)13/h2,12-13H,1H3. The first-order chi connectivity index (χ1) is 6.49. The minimum absolute atomic E-state index is 0.0450. The maximum Gasteiger partial charge on any atom is 0.492 e. The van der Waals surface area contributed by atoms with Crippen LogP contribution < -0.4 is 5.46 Å². The first kappa shape index (κ1) is 11.4. The van der Waals surface area contributed by atoms with Crippen molar-refractivity contribution in [1.29, 1.82) is 0 Å². The molecule has 0 unspecified atom stereocenters. The number of hydrogen-bond acceptors (Lipinski definition) is 3. The lowest BCUT2D eigenvalue weighted by atomic mass is 9.79. The maximum atomic E-state index is 13.0. The predicted molar refractivity (Wildman–Crippen MR) is 47.9 cm³/mol. The fraction of sp³-hybridized carbons (Fsp3) is 0.143. The van der Waals surface area contributed by atoms with Crippen LogP contribution in [-0.2, 0) is 0 Å². The highest BCUT2D eigenvalue weighted by molar-refractivity contribution is 7.98. The van der Waals surface area contributed by atoms with Gasteiger partial charge in [-0.25, -0.2) is 13.2 Å². The molecule has 0 saturated carbocycles. The molecule has 0 aliphatic heterocycles. The Morgan fingerprint density at radius 3 is 2.21 bits per heavy atom. The molecule has 1 rings (SSSR count). The average molecular weight is 222 g/mol. The van der Waals surface area contributed by atoms with E-state index in [0.29, 0.717) is 0 Å². The lowest BCUT2D eigenvalue weighted by molar-refractivity contribution is 0.412. The second-order valence-corrected chi connectivity index (χ2v) is 3.32. The summed E-state index contributed by atoms with van der Waals surface area (Å²) in [5.74, 6) is -4.62. The fourth-order valence-corrected chi connectivity index (χ4v) is 1.63. The van der Waals surface area contributed by atoms with Crippen LogP contribution in [0.15, 0.2) is 11.0 Å². The van der Waals surface area contributed by atoms with Crippen molar-refractivity contribution in [3.05, 3.63) is 23.5 Å². The molecule has 2 N–H and O–H groups in total. The third kappa shape index (κ3) is 1.89. The summed E-state index contributed by atoms with van der Waals surface area (Å²) >= 11 is 0.894. The van der Waals surface area contributed by atoms with Crippen molar-refractivity contribution < 1.29 is 23.2 Å². The molecule has 0 bridgehead atoms. The Morgan fingerprint density at radius 1 is 1.21 bits per heavy atom. The molecule has 0 heterocycles. The first-order valence-corrected chi connectivity index (χ1v) is 4.79. The summed E-state index contributed by atoms with van der Waals surface area (Å²) in [6.45, 7) is 0. The van der Waals surface area contributed by atoms with Gasteiger partial charge >= 0.3 is 7.12 Å². The number of benzene rings is 1. The van der Waals surface area contributed by atoms with Gasteiger partial charge in [0.1, 0.15) is 0 Å². The van der Waals surface area contributed by atoms with Gasteiger partial charge in [0, 0.05) is 10.4 Å².